The minimum Gasteiger partial charge on any atom is -0.379 e. The zero-order chi connectivity index (χ0) is 13.7. The van der Waals surface area contributed by atoms with Crippen LogP contribution in [0.3, 0.4) is 0 Å². The van der Waals surface area contributed by atoms with Crippen LogP contribution in [0.5, 0.6) is 0 Å². The second kappa shape index (κ2) is 7.10. The number of nitrogens with one attached hydrogen (secondary N) is 1. The van der Waals surface area contributed by atoms with Crippen molar-refractivity contribution in [3.8, 4) is 0 Å². The van der Waals surface area contributed by atoms with Gasteiger partial charge in [0.25, 0.3) is 0 Å². The number of ether oxygens (including phenoxy) is 1. The summed E-state index contributed by atoms with van der Waals surface area (Å²) < 4.78 is 5.44. The highest BCUT2D eigenvalue weighted by molar-refractivity contribution is 5.80. The summed E-state index contributed by atoms with van der Waals surface area (Å²) in [6.45, 7) is 10.6. The molecule has 0 aromatic rings. The van der Waals surface area contributed by atoms with E-state index < -0.39 is 0 Å². The number of carbonyl (C=O) groups excluding carboxylic acids is 1. The van der Waals surface area contributed by atoms with Crippen molar-refractivity contribution in [2.45, 2.75) is 46.2 Å². The minimum atomic E-state index is -0.0236. The van der Waals surface area contributed by atoms with E-state index in [0.29, 0.717) is 25.2 Å². The first-order chi connectivity index (χ1) is 8.47. The van der Waals surface area contributed by atoms with Crippen LogP contribution in [-0.4, -0.2) is 49.7 Å². The second-order valence-corrected chi connectivity index (χ2v) is 5.74. The molecule has 1 aliphatic heterocycles. The lowest BCUT2D eigenvalue weighted by atomic mass is 9.99. The summed E-state index contributed by atoms with van der Waals surface area (Å²) in [6, 6.07) is 0.469. The van der Waals surface area contributed by atoms with Crippen molar-refractivity contribution in [1.29, 1.82) is 0 Å². The van der Waals surface area contributed by atoms with Gasteiger partial charge >= 0.3 is 0 Å². The molecular weight excluding hydrogens is 228 g/mol. The van der Waals surface area contributed by atoms with E-state index in [4.69, 9.17) is 4.74 Å². The lowest BCUT2D eigenvalue weighted by Crippen LogP contribution is -2.47. The largest absolute Gasteiger partial charge is 0.379 e. The molecule has 0 aliphatic carbocycles. The van der Waals surface area contributed by atoms with Gasteiger partial charge in [-0.3, -0.25) is 4.79 Å². The topological polar surface area (TPSA) is 41.6 Å². The van der Waals surface area contributed by atoms with Gasteiger partial charge in [0.2, 0.25) is 5.91 Å². The molecule has 1 rings (SSSR count). The van der Waals surface area contributed by atoms with Gasteiger partial charge in [0.1, 0.15) is 0 Å². The third kappa shape index (κ3) is 3.95. The van der Waals surface area contributed by atoms with Crippen molar-refractivity contribution in [3.63, 3.8) is 0 Å². The SMILES string of the molecule is CCNC1COCC1C(=O)N(C)C(C)CC(C)C. The minimum absolute atomic E-state index is 0.0236. The molecule has 0 radical (unpaired) electrons. The molecule has 0 aromatic heterocycles. The molecule has 1 saturated heterocycles. The van der Waals surface area contributed by atoms with Gasteiger partial charge in [-0.2, -0.15) is 0 Å². The Morgan fingerprint density at radius 3 is 2.61 bits per heavy atom. The highest BCUT2D eigenvalue weighted by atomic mass is 16.5. The third-order valence-corrected chi connectivity index (χ3v) is 3.69. The first-order valence-corrected chi connectivity index (χ1v) is 7.05. The smallest absolute Gasteiger partial charge is 0.229 e. The molecule has 1 aliphatic rings. The average Bonchev–Trinajstić information content (AvgIpc) is 2.75. The van der Waals surface area contributed by atoms with Crippen LogP contribution in [0.2, 0.25) is 0 Å². The fourth-order valence-electron chi connectivity index (χ4n) is 2.58. The van der Waals surface area contributed by atoms with Crippen LogP contribution >= 0.6 is 0 Å². The van der Waals surface area contributed by atoms with Gasteiger partial charge in [-0.1, -0.05) is 20.8 Å². The lowest BCUT2D eigenvalue weighted by molar-refractivity contribution is -0.136. The highest BCUT2D eigenvalue weighted by Crippen LogP contribution is 2.19. The number of hydrogen-bond acceptors (Lipinski definition) is 3. The number of carbonyl (C=O) groups is 1. The molecule has 0 saturated carbocycles. The predicted molar refractivity (Wildman–Crippen MR) is 73.5 cm³/mol. The first kappa shape index (κ1) is 15.4. The summed E-state index contributed by atoms with van der Waals surface area (Å²) in [5.41, 5.74) is 0. The molecule has 106 valence electrons. The number of likely N-dealkylation sites (N-methyl/N-ethyl adjacent to an activating group) is 1. The van der Waals surface area contributed by atoms with E-state index in [1.807, 2.05) is 11.9 Å². The van der Waals surface area contributed by atoms with Crippen LogP contribution in [-0.2, 0) is 9.53 Å². The Morgan fingerprint density at radius 1 is 1.39 bits per heavy atom. The van der Waals surface area contributed by atoms with Crippen molar-refractivity contribution in [3.05, 3.63) is 0 Å². The van der Waals surface area contributed by atoms with Gasteiger partial charge in [-0.15, -0.1) is 0 Å². The zero-order valence-corrected chi connectivity index (χ0v) is 12.4. The average molecular weight is 256 g/mol. The predicted octanol–water partition coefficient (Wildman–Crippen LogP) is 1.50. The van der Waals surface area contributed by atoms with E-state index in [1.165, 1.54) is 0 Å². The molecule has 0 aromatic carbocycles. The summed E-state index contributed by atoms with van der Waals surface area (Å²) in [4.78, 5) is 14.4. The Bertz CT molecular complexity index is 269. The van der Waals surface area contributed by atoms with Gasteiger partial charge in [0.15, 0.2) is 0 Å². The van der Waals surface area contributed by atoms with E-state index in [0.717, 1.165) is 13.0 Å². The van der Waals surface area contributed by atoms with Crippen molar-refractivity contribution in [2.75, 3.05) is 26.8 Å². The van der Waals surface area contributed by atoms with Crippen LogP contribution in [0.25, 0.3) is 0 Å². The van der Waals surface area contributed by atoms with Gasteiger partial charge in [-0.25, -0.2) is 0 Å². The van der Waals surface area contributed by atoms with Crippen LogP contribution in [0.15, 0.2) is 0 Å². The summed E-state index contributed by atoms with van der Waals surface area (Å²) in [5.74, 6) is 0.802. The van der Waals surface area contributed by atoms with Crippen LogP contribution in [0.1, 0.15) is 34.1 Å². The maximum atomic E-state index is 12.5. The van der Waals surface area contributed by atoms with Gasteiger partial charge in [0.05, 0.1) is 19.1 Å². The standard InChI is InChI=1S/C14H28N2O2/c1-6-15-13-9-18-8-12(13)14(17)16(5)11(4)7-10(2)3/h10-13,15H,6-9H2,1-5H3. The molecule has 3 atom stereocenters. The lowest BCUT2D eigenvalue weighted by Gasteiger charge is -2.30. The van der Waals surface area contributed by atoms with E-state index in [2.05, 4.69) is 33.0 Å². The van der Waals surface area contributed by atoms with Crippen molar-refractivity contribution >= 4 is 5.91 Å². The quantitative estimate of drug-likeness (QED) is 0.783. The number of hydrogen-bond donors (Lipinski definition) is 1. The van der Waals surface area contributed by atoms with Crippen molar-refractivity contribution in [2.24, 2.45) is 11.8 Å². The first-order valence-electron chi connectivity index (χ1n) is 7.05. The molecule has 1 fully saturated rings. The van der Waals surface area contributed by atoms with Crippen LogP contribution in [0, 0.1) is 11.8 Å². The Morgan fingerprint density at radius 2 is 2.06 bits per heavy atom. The van der Waals surface area contributed by atoms with Gasteiger partial charge < -0.3 is 15.0 Å². The molecular formula is C14H28N2O2. The summed E-state index contributed by atoms with van der Waals surface area (Å²) in [5, 5.41) is 3.34. The molecule has 3 unspecified atom stereocenters. The number of rotatable bonds is 6. The zero-order valence-electron chi connectivity index (χ0n) is 12.4. The van der Waals surface area contributed by atoms with E-state index >= 15 is 0 Å². The van der Waals surface area contributed by atoms with Crippen LogP contribution in [0.4, 0.5) is 0 Å². The van der Waals surface area contributed by atoms with Crippen molar-refractivity contribution < 1.29 is 9.53 Å². The number of nitrogens with zero attached hydrogens (tertiary/aromatic N) is 1. The Balaban J connectivity index is 2.56. The van der Waals surface area contributed by atoms with E-state index in [-0.39, 0.29) is 17.9 Å². The molecule has 1 amide bonds. The molecule has 0 spiro atoms. The summed E-state index contributed by atoms with van der Waals surface area (Å²) >= 11 is 0. The number of amides is 1. The molecule has 18 heavy (non-hydrogen) atoms. The Hall–Kier alpha value is -0.610. The van der Waals surface area contributed by atoms with Gasteiger partial charge in [-0.05, 0) is 25.8 Å². The molecule has 0 bridgehead atoms. The molecule has 1 heterocycles. The third-order valence-electron chi connectivity index (χ3n) is 3.69. The van der Waals surface area contributed by atoms with E-state index in [1.54, 1.807) is 0 Å². The molecule has 4 heteroatoms. The van der Waals surface area contributed by atoms with E-state index in [9.17, 15) is 4.79 Å². The second-order valence-electron chi connectivity index (χ2n) is 5.74. The fourth-order valence-corrected chi connectivity index (χ4v) is 2.58. The summed E-state index contributed by atoms with van der Waals surface area (Å²) in [7, 11) is 1.91. The highest BCUT2D eigenvalue weighted by Gasteiger charge is 2.36. The monoisotopic (exact) mass is 256 g/mol. The fraction of sp³-hybridized carbons (Fsp3) is 0.929. The Labute approximate surface area is 111 Å². The maximum Gasteiger partial charge on any atom is 0.229 e. The molecule has 1 N–H and O–H groups in total. The van der Waals surface area contributed by atoms with Crippen molar-refractivity contribution in [1.82, 2.24) is 10.2 Å². The molecule has 4 nitrogen and oxygen atoms in total. The summed E-state index contributed by atoms with van der Waals surface area (Å²) in [6.07, 6.45) is 1.04. The maximum absolute atomic E-state index is 12.5. The normalized spacial score (nSPS) is 25.4. The van der Waals surface area contributed by atoms with Gasteiger partial charge in [0, 0.05) is 19.1 Å². The Kier molecular flexibility index (Phi) is 6.09. The van der Waals surface area contributed by atoms with Crippen LogP contribution < -0.4 is 5.32 Å².